The fourth-order valence-electron chi connectivity index (χ4n) is 1.87. The summed E-state index contributed by atoms with van der Waals surface area (Å²) >= 11 is 0. The van der Waals surface area contributed by atoms with Crippen molar-refractivity contribution >= 4 is 21.1 Å². The third-order valence-electron chi connectivity index (χ3n) is 2.69. The second kappa shape index (κ2) is 6.35. The fourth-order valence-corrected chi connectivity index (χ4v) is 2.67. The van der Waals surface area contributed by atoms with Gasteiger partial charge in [-0.25, -0.2) is 0 Å². The average Bonchev–Trinajstić information content (AvgIpc) is 2.28. The summed E-state index contributed by atoms with van der Waals surface area (Å²) in [7, 11) is -2.47. The van der Waals surface area contributed by atoms with Gasteiger partial charge in [0, 0.05) is 0 Å². The summed E-state index contributed by atoms with van der Waals surface area (Å²) in [5.41, 5.74) is 0.813. The van der Waals surface area contributed by atoms with E-state index in [2.05, 4.69) is 0 Å². The van der Waals surface area contributed by atoms with E-state index in [0.717, 1.165) is 5.56 Å². The molecule has 0 aliphatic heterocycles. The van der Waals surface area contributed by atoms with Crippen LogP contribution in [0.3, 0.4) is 0 Å². The molecule has 0 radical (unpaired) electrons. The molecule has 0 aliphatic carbocycles. The minimum atomic E-state index is -2.47. The Morgan fingerprint density at radius 1 is 1.22 bits per heavy atom. The number of carboxylic acids is 1. The second-order valence-corrected chi connectivity index (χ2v) is 5.31. The van der Waals surface area contributed by atoms with Gasteiger partial charge in [0.2, 0.25) is 10.3 Å². The van der Waals surface area contributed by atoms with Gasteiger partial charge >= 0.3 is 5.97 Å². The van der Waals surface area contributed by atoms with E-state index in [1.165, 1.54) is 0 Å². The Kier molecular flexibility index (Phi) is 5.09. The van der Waals surface area contributed by atoms with Crippen LogP contribution in [-0.4, -0.2) is 24.4 Å². The standard InChI is InChI=1S/C13H16O4S/c1-9(2)12(18(16)17)11(13(14)15)8-10-6-4-3-5-7-10/h3-7,9,11H,8H2,1-2H3,(H,14,15). The Hall–Kier alpha value is -1.62. The van der Waals surface area contributed by atoms with Crippen LogP contribution in [0.1, 0.15) is 19.4 Å². The molecular formula is C13H16O4S. The van der Waals surface area contributed by atoms with Crippen LogP contribution >= 0.6 is 0 Å². The van der Waals surface area contributed by atoms with Crippen LogP contribution in [0, 0.1) is 11.8 Å². The number of carbonyl (C=O) groups is 1. The predicted molar refractivity (Wildman–Crippen MR) is 70.0 cm³/mol. The monoisotopic (exact) mass is 268 g/mol. The molecule has 98 valence electrons. The highest BCUT2D eigenvalue weighted by atomic mass is 32.2. The predicted octanol–water partition coefficient (Wildman–Crippen LogP) is 1.64. The van der Waals surface area contributed by atoms with Gasteiger partial charge in [-0.2, -0.15) is 8.42 Å². The maximum absolute atomic E-state index is 11.3. The van der Waals surface area contributed by atoms with Gasteiger partial charge in [0.25, 0.3) is 0 Å². The summed E-state index contributed by atoms with van der Waals surface area (Å²) in [6.07, 6.45) is 0.192. The van der Waals surface area contributed by atoms with E-state index in [1.807, 2.05) is 6.07 Å². The number of hydrogen-bond donors (Lipinski definition) is 1. The molecule has 1 rings (SSSR count). The van der Waals surface area contributed by atoms with Gasteiger partial charge in [-0.05, 0) is 17.9 Å². The molecule has 0 amide bonds. The summed E-state index contributed by atoms with van der Waals surface area (Å²) in [5, 5.41) is 9.21. The smallest absolute Gasteiger partial charge is 0.312 e. The normalized spacial score (nSPS) is 12.2. The summed E-state index contributed by atoms with van der Waals surface area (Å²) in [6, 6.07) is 9.02. The number of carboxylic acid groups (broad SMARTS) is 1. The number of hydrogen-bond acceptors (Lipinski definition) is 3. The molecule has 5 heteroatoms. The number of rotatable bonds is 5. The van der Waals surface area contributed by atoms with Crippen LogP contribution < -0.4 is 0 Å². The van der Waals surface area contributed by atoms with Crippen LogP contribution in [0.15, 0.2) is 30.3 Å². The maximum atomic E-state index is 11.3. The first kappa shape index (κ1) is 14.4. The molecule has 0 fully saturated rings. The molecule has 18 heavy (non-hydrogen) atoms. The highest BCUT2D eigenvalue weighted by Crippen LogP contribution is 2.15. The van der Waals surface area contributed by atoms with Crippen molar-refractivity contribution in [1.29, 1.82) is 0 Å². The van der Waals surface area contributed by atoms with Crippen molar-refractivity contribution in [1.82, 2.24) is 0 Å². The maximum Gasteiger partial charge on any atom is 0.312 e. The Labute approximate surface area is 108 Å². The molecule has 0 bridgehead atoms. The highest BCUT2D eigenvalue weighted by molar-refractivity contribution is 7.73. The van der Waals surface area contributed by atoms with Crippen LogP contribution in [0.4, 0.5) is 0 Å². The molecular weight excluding hydrogens is 252 g/mol. The molecule has 0 saturated carbocycles. The van der Waals surface area contributed by atoms with Gasteiger partial charge in [0.1, 0.15) is 0 Å². The first-order chi connectivity index (χ1) is 8.43. The van der Waals surface area contributed by atoms with Gasteiger partial charge in [-0.15, -0.1) is 0 Å². The lowest BCUT2D eigenvalue weighted by Gasteiger charge is -2.15. The summed E-state index contributed by atoms with van der Waals surface area (Å²) in [5.74, 6) is -2.41. The lowest BCUT2D eigenvalue weighted by atomic mass is 9.91. The molecule has 1 unspecified atom stereocenters. The minimum Gasteiger partial charge on any atom is -0.481 e. The summed E-state index contributed by atoms with van der Waals surface area (Å²) in [6.45, 7) is 3.37. The van der Waals surface area contributed by atoms with Crippen molar-refractivity contribution in [2.24, 2.45) is 11.8 Å². The zero-order valence-corrected chi connectivity index (χ0v) is 11.1. The zero-order chi connectivity index (χ0) is 13.7. The third kappa shape index (κ3) is 3.70. The first-order valence-electron chi connectivity index (χ1n) is 5.66. The van der Waals surface area contributed by atoms with E-state index >= 15 is 0 Å². The minimum absolute atomic E-state index is 0.0475. The molecule has 0 spiro atoms. The topological polar surface area (TPSA) is 71.4 Å². The van der Waals surface area contributed by atoms with E-state index in [0.29, 0.717) is 0 Å². The van der Waals surface area contributed by atoms with E-state index in [1.54, 1.807) is 38.1 Å². The van der Waals surface area contributed by atoms with Crippen molar-refractivity contribution in [2.75, 3.05) is 0 Å². The fraction of sp³-hybridized carbons (Fsp3) is 0.385. The summed E-state index contributed by atoms with van der Waals surface area (Å²) < 4.78 is 22.4. The number of benzene rings is 1. The number of aliphatic carboxylic acids is 1. The van der Waals surface area contributed by atoms with E-state index < -0.39 is 22.2 Å². The van der Waals surface area contributed by atoms with Gasteiger partial charge in [0.05, 0.1) is 10.8 Å². The SMILES string of the molecule is CC(C)C(C(Cc1ccccc1)C(=O)O)=S(=O)=O. The van der Waals surface area contributed by atoms with Crippen molar-refractivity contribution < 1.29 is 18.3 Å². The Morgan fingerprint density at radius 3 is 2.17 bits per heavy atom. The van der Waals surface area contributed by atoms with Crippen LogP contribution in [0.2, 0.25) is 0 Å². The second-order valence-electron chi connectivity index (χ2n) is 4.37. The quantitative estimate of drug-likeness (QED) is 0.824. The van der Waals surface area contributed by atoms with Crippen molar-refractivity contribution in [3.05, 3.63) is 35.9 Å². The average molecular weight is 268 g/mol. The molecule has 0 aliphatic rings. The van der Waals surface area contributed by atoms with E-state index in [4.69, 9.17) is 0 Å². The van der Waals surface area contributed by atoms with Crippen LogP contribution in [0.5, 0.6) is 0 Å². The Bertz CT molecular complexity index is 536. The van der Waals surface area contributed by atoms with Crippen molar-refractivity contribution in [3.63, 3.8) is 0 Å². The lowest BCUT2D eigenvalue weighted by Crippen LogP contribution is -2.30. The molecule has 0 saturated heterocycles. The molecule has 1 aromatic carbocycles. The summed E-state index contributed by atoms with van der Waals surface area (Å²) in [4.78, 5) is 11.3. The Morgan fingerprint density at radius 2 is 1.78 bits per heavy atom. The first-order valence-corrected chi connectivity index (χ1v) is 6.73. The molecule has 1 aromatic rings. The molecule has 4 nitrogen and oxygen atoms in total. The van der Waals surface area contributed by atoms with Gasteiger partial charge in [-0.3, -0.25) is 4.79 Å². The van der Waals surface area contributed by atoms with Gasteiger partial charge in [-0.1, -0.05) is 44.2 Å². The van der Waals surface area contributed by atoms with E-state index in [-0.39, 0.29) is 17.2 Å². The zero-order valence-electron chi connectivity index (χ0n) is 10.3. The molecule has 0 heterocycles. The Balaban J connectivity index is 3.12. The van der Waals surface area contributed by atoms with Crippen LogP contribution in [0.25, 0.3) is 0 Å². The van der Waals surface area contributed by atoms with Crippen LogP contribution in [-0.2, 0) is 21.5 Å². The largest absolute Gasteiger partial charge is 0.481 e. The van der Waals surface area contributed by atoms with Gasteiger partial charge < -0.3 is 5.11 Å². The molecule has 1 atom stereocenters. The lowest BCUT2D eigenvalue weighted by molar-refractivity contribution is -0.139. The van der Waals surface area contributed by atoms with Gasteiger partial charge in [0.15, 0.2) is 0 Å². The van der Waals surface area contributed by atoms with Crippen molar-refractivity contribution in [2.45, 2.75) is 20.3 Å². The molecule has 1 N–H and O–H groups in total. The molecule has 0 aromatic heterocycles. The van der Waals surface area contributed by atoms with E-state index in [9.17, 15) is 18.3 Å². The third-order valence-corrected chi connectivity index (χ3v) is 3.83. The highest BCUT2D eigenvalue weighted by Gasteiger charge is 2.27. The van der Waals surface area contributed by atoms with Crippen molar-refractivity contribution in [3.8, 4) is 0 Å².